The largest absolute Gasteiger partial charge is 0.497 e. The first-order valence-corrected chi connectivity index (χ1v) is 9.43. The lowest BCUT2D eigenvalue weighted by atomic mass is 10.1. The Morgan fingerprint density at radius 1 is 1.29 bits per heavy atom. The summed E-state index contributed by atoms with van der Waals surface area (Å²) >= 11 is 0. The second-order valence-electron chi connectivity index (χ2n) is 5.73. The molecule has 1 fully saturated rings. The van der Waals surface area contributed by atoms with Gasteiger partial charge in [-0.05, 0) is 37.1 Å². The van der Waals surface area contributed by atoms with Crippen molar-refractivity contribution in [1.82, 2.24) is 4.90 Å². The molecule has 0 N–H and O–H groups in total. The number of rotatable bonds is 7. The van der Waals surface area contributed by atoms with Crippen LogP contribution in [0.1, 0.15) is 31.7 Å². The Morgan fingerprint density at radius 2 is 2.00 bits per heavy atom. The van der Waals surface area contributed by atoms with Crippen LogP contribution < -0.4 is 4.74 Å². The van der Waals surface area contributed by atoms with Crippen LogP contribution in [-0.4, -0.2) is 44.5 Å². The standard InChI is InChI=1S/C16H25NO3S/c1-3-4-10-17(15-9-11-21(18,19)13-15)12-14-5-7-16(20-2)8-6-14/h5-8,15H,3-4,9-13H2,1-2H3. The van der Waals surface area contributed by atoms with Gasteiger partial charge in [0.05, 0.1) is 18.6 Å². The van der Waals surface area contributed by atoms with E-state index in [0.29, 0.717) is 11.5 Å². The number of benzene rings is 1. The smallest absolute Gasteiger partial charge is 0.151 e. The van der Waals surface area contributed by atoms with Gasteiger partial charge in [-0.15, -0.1) is 0 Å². The van der Waals surface area contributed by atoms with E-state index in [0.717, 1.165) is 38.1 Å². The highest BCUT2D eigenvalue weighted by atomic mass is 32.2. The Hall–Kier alpha value is -1.07. The number of ether oxygens (including phenoxy) is 1. The van der Waals surface area contributed by atoms with Crippen molar-refractivity contribution in [2.75, 3.05) is 25.2 Å². The average molecular weight is 311 g/mol. The fraction of sp³-hybridized carbons (Fsp3) is 0.625. The van der Waals surface area contributed by atoms with E-state index in [-0.39, 0.29) is 6.04 Å². The maximum Gasteiger partial charge on any atom is 0.151 e. The zero-order valence-corrected chi connectivity index (χ0v) is 13.7. The molecule has 1 aromatic carbocycles. The lowest BCUT2D eigenvalue weighted by Gasteiger charge is -2.28. The van der Waals surface area contributed by atoms with Crippen LogP contribution in [0.2, 0.25) is 0 Å². The number of methoxy groups -OCH3 is 1. The summed E-state index contributed by atoms with van der Waals surface area (Å²) in [7, 11) is -1.17. The van der Waals surface area contributed by atoms with E-state index in [9.17, 15) is 8.42 Å². The number of hydrogen-bond donors (Lipinski definition) is 0. The van der Waals surface area contributed by atoms with Crippen LogP contribution in [0.5, 0.6) is 5.75 Å². The van der Waals surface area contributed by atoms with Gasteiger partial charge >= 0.3 is 0 Å². The lowest BCUT2D eigenvalue weighted by Crippen LogP contribution is -2.36. The summed E-state index contributed by atoms with van der Waals surface area (Å²) < 4.78 is 28.6. The van der Waals surface area contributed by atoms with Crippen molar-refractivity contribution >= 4 is 9.84 Å². The molecule has 2 rings (SSSR count). The number of hydrogen-bond acceptors (Lipinski definition) is 4. The van der Waals surface area contributed by atoms with Gasteiger partial charge in [0, 0.05) is 12.6 Å². The molecule has 0 saturated carbocycles. The SMILES string of the molecule is CCCCN(Cc1ccc(OC)cc1)C1CCS(=O)(=O)C1. The molecule has 1 aliphatic heterocycles. The molecule has 0 bridgehead atoms. The second-order valence-corrected chi connectivity index (χ2v) is 7.96. The molecular formula is C16H25NO3S. The molecule has 1 saturated heterocycles. The molecule has 0 spiro atoms. The van der Waals surface area contributed by atoms with Crippen LogP contribution in [0.15, 0.2) is 24.3 Å². The third-order valence-corrected chi connectivity index (χ3v) is 5.82. The monoisotopic (exact) mass is 311 g/mol. The van der Waals surface area contributed by atoms with E-state index in [1.807, 2.05) is 12.1 Å². The zero-order valence-electron chi connectivity index (χ0n) is 12.9. The summed E-state index contributed by atoms with van der Waals surface area (Å²) in [6.07, 6.45) is 2.99. The first kappa shape index (κ1) is 16.3. The Bertz CT molecular complexity index is 539. The summed E-state index contributed by atoms with van der Waals surface area (Å²) in [5.74, 6) is 1.50. The van der Waals surface area contributed by atoms with Crippen molar-refractivity contribution in [1.29, 1.82) is 0 Å². The third kappa shape index (κ3) is 4.71. The average Bonchev–Trinajstić information content (AvgIpc) is 2.84. The summed E-state index contributed by atoms with van der Waals surface area (Å²) in [6, 6.07) is 8.20. The molecule has 0 amide bonds. The molecule has 1 unspecified atom stereocenters. The van der Waals surface area contributed by atoms with Gasteiger partial charge in [-0.2, -0.15) is 0 Å². The van der Waals surface area contributed by atoms with Crippen LogP contribution in [0.4, 0.5) is 0 Å². The van der Waals surface area contributed by atoms with Gasteiger partial charge in [-0.1, -0.05) is 25.5 Å². The summed E-state index contributed by atoms with van der Waals surface area (Å²) in [5.41, 5.74) is 1.20. The van der Waals surface area contributed by atoms with Gasteiger partial charge in [0.15, 0.2) is 9.84 Å². The van der Waals surface area contributed by atoms with Crippen LogP contribution >= 0.6 is 0 Å². The molecule has 1 aliphatic rings. The normalized spacial score (nSPS) is 20.8. The molecule has 0 radical (unpaired) electrons. The summed E-state index contributed by atoms with van der Waals surface area (Å²) in [4.78, 5) is 2.33. The van der Waals surface area contributed by atoms with E-state index in [2.05, 4.69) is 24.0 Å². The number of unbranched alkanes of at least 4 members (excludes halogenated alkanes) is 1. The van der Waals surface area contributed by atoms with Gasteiger partial charge in [-0.25, -0.2) is 8.42 Å². The fourth-order valence-corrected chi connectivity index (χ4v) is 4.54. The Kier molecular flexibility index (Phi) is 5.65. The van der Waals surface area contributed by atoms with E-state index < -0.39 is 9.84 Å². The molecule has 0 aliphatic carbocycles. The van der Waals surface area contributed by atoms with Gasteiger partial charge in [0.2, 0.25) is 0 Å². The highest BCUT2D eigenvalue weighted by molar-refractivity contribution is 7.91. The van der Waals surface area contributed by atoms with Gasteiger partial charge < -0.3 is 4.74 Å². The maximum atomic E-state index is 11.7. The Balaban J connectivity index is 2.05. The molecule has 118 valence electrons. The van der Waals surface area contributed by atoms with Crippen LogP contribution in [0.3, 0.4) is 0 Å². The third-order valence-electron chi connectivity index (χ3n) is 4.07. The van der Waals surface area contributed by atoms with E-state index in [1.165, 1.54) is 5.56 Å². The van der Waals surface area contributed by atoms with Gasteiger partial charge in [0.25, 0.3) is 0 Å². The minimum absolute atomic E-state index is 0.170. The van der Waals surface area contributed by atoms with Crippen molar-refractivity contribution in [2.45, 2.75) is 38.8 Å². The quantitative estimate of drug-likeness (QED) is 0.776. The predicted octanol–water partition coefficient (Wildman–Crippen LogP) is 2.48. The topological polar surface area (TPSA) is 46.6 Å². The maximum absolute atomic E-state index is 11.7. The van der Waals surface area contributed by atoms with Crippen LogP contribution in [0.25, 0.3) is 0 Å². The molecule has 5 heteroatoms. The van der Waals surface area contributed by atoms with Crippen molar-refractivity contribution in [3.05, 3.63) is 29.8 Å². The van der Waals surface area contributed by atoms with E-state index in [4.69, 9.17) is 4.74 Å². The first-order valence-electron chi connectivity index (χ1n) is 7.61. The highest BCUT2D eigenvalue weighted by Gasteiger charge is 2.31. The van der Waals surface area contributed by atoms with Crippen LogP contribution in [0, 0.1) is 0 Å². The van der Waals surface area contributed by atoms with E-state index >= 15 is 0 Å². The molecular weight excluding hydrogens is 286 g/mol. The summed E-state index contributed by atoms with van der Waals surface area (Å²) in [6.45, 7) is 3.93. The Morgan fingerprint density at radius 3 is 2.52 bits per heavy atom. The summed E-state index contributed by atoms with van der Waals surface area (Å²) in [5, 5.41) is 0. The van der Waals surface area contributed by atoms with Crippen molar-refractivity contribution in [3.63, 3.8) is 0 Å². The zero-order chi connectivity index (χ0) is 15.3. The minimum Gasteiger partial charge on any atom is -0.497 e. The van der Waals surface area contributed by atoms with E-state index in [1.54, 1.807) is 7.11 Å². The molecule has 21 heavy (non-hydrogen) atoms. The van der Waals surface area contributed by atoms with Crippen molar-refractivity contribution < 1.29 is 13.2 Å². The molecule has 1 atom stereocenters. The minimum atomic E-state index is -2.83. The van der Waals surface area contributed by atoms with Crippen molar-refractivity contribution in [2.24, 2.45) is 0 Å². The van der Waals surface area contributed by atoms with Gasteiger partial charge in [0.1, 0.15) is 5.75 Å². The fourth-order valence-electron chi connectivity index (χ4n) is 2.78. The highest BCUT2D eigenvalue weighted by Crippen LogP contribution is 2.21. The molecule has 1 aromatic rings. The first-order chi connectivity index (χ1) is 10.0. The molecule has 1 heterocycles. The lowest BCUT2D eigenvalue weighted by molar-refractivity contribution is 0.200. The molecule has 0 aromatic heterocycles. The second kappa shape index (κ2) is 7.27. The predicted molar refractivity (Wildman–Crippen MR) is 85.4 cm³/mol. The van der Waals surface area contributed by atoms with Crippen molar-refractivity contribution in [3.8, 4) is 5.75 Å². The van der Waals surface area contributed by atoms with Crippen LogP contribution in [-0.2, 0) is 16.4 Å². The number of sulfone groups is 1. The Labute approximate surface area is 128 Å². The molecule has 4 nitrogen and oxygen atoms in total. The number of nitrogens with zero attached hydrogens (tertiary/aromatic N) is 1. The van der Waals surface area contributed by atoms with Gasteiger partial charge in [-0.3, -0.25) is 4.90 Å².